The summed E-state index contributed by atoms with van der Waals surface area (Å²) >= 11 is 0. The smallest absolute Gasteiger partial charge is 0.247 e. The Morgan fingerprint density at radius 2 is 1.66 bits per heavy atom. The maximum atomic E-state index is 6.64. The maximum absolute atomic E-state index is 6.64. The number of nitrogens with two attached hydrogens (primary N) is 1. The highest BCUT2D eigenvalue weighted by Crippen LogP contribution is 2.69. The Balaban J connectivity index is 1.24. The summed E-state index contributed by atoms with van der Waals surface area (Å²) in [6.45, 7) is 8.00. The summed E-state index contributed by atoms with van der Waals surface area (Å²) in [5.74, 6) is 0.993. The van der Waals surface area contributed by atoms with E-state index in [9.17, 15) is 0 Å². The molecular formula is C30H35N5O3. The number of rotatable bonds is 9. The lowest BCUT2D eigenvalue weighted by Crippen LogP contribution is -2.35. The van der Waals surface area contributed by atoms with E-state index < -0.39 is 0 Å². The lowest BCUT2D eigenvalue weighted by molar-refractivity contribution is -0.104. The molecule has 0 aliphatic heterocycles. The molecule has 2 fully saturated rings. The van der Waals surface area contributed by atoms with Gasteiger partial charge in [-0.05, 0) is 50.7 Å². The van der Waals surface area contributed by atoms with E-state index in [1.165, 1.54) is 5.56 Å². The molecule has 0 amide bonds. The van der Waals surface area contributed by atoms with Crippen LogP contribution in [-0.2, 0) is 22.7 Å². The number of hydrogen-bond acceptors (Lipinski definition) is 7. The predicted molar refractivity (Wildman–Crippen MR) is 145 cm³/mol. The number of nitrogens with zero attached hydrogens (tertiary/aromatic N) is 4. The van der Waals surface area contributed by atoms with Gasteiger partial charge in [-0.15, -0.1) is 0 Å². The average molecular weight is 514 g/mol. The molecule has 8 heteroatoms. The highest BCUT2D eigenvalue weighted by molar-refractivity contribution is 5.77. The van der Waals surface area contributed by atoms with Crippen molar-refractivity contribution in [1.82, 2.24) is 19.5 Å². The third-order valence-electron chi connectivity index (χ3n) is 7.70. The predicted octanol–water partition coefficient (Wildman–Crippen LogP) is 5.34. The molecule has 38 heavy (non-hydrogen) atoms. The van der Waals surface area contributed by atoms with Crippen molar-refractivity contribution in [3.63, 3.8) is 0 Å². The zero-order valence-electron chi connectivity index (χ0n) is 22.2. The number of nitrogen functional groups attached to an aromatic ring is 1. The van der Waals surface area contributed by atoms with Gasteiger partial charge < -0.3 is 24.5 Å². The zero-order chi connectivity index (χ0) is 26.3. The summed E-state index contributed by atoms with van der Waals surface area (Å²) in [7, 11) is 0. The Hall–Kier alpha value is -3.49. The van der Waals surface area contributed by atoms with Gasteiger partial charge in [-0.2, -0.15) is 9.97 Å². The number of fused-ring (bicyclic) bond motifs is 2. The molecule has 2 aliphatic carbocycles. The molecule has 2 saturated carbocycles. The molecule has 2 aromatic carbocycles. The standard InChI is InChI=1S/C30H35N5O3/c1-29(2,3)38-24-14-23(22-15-30(22,24)18-36-16-20-10-6-4-7-11-20)35-19-32-25-26(35)33-28(31)34-27(25)37-17-21-12-8-5-9-13-21/h4-13,19,22-24H,14-18H2,1-3H3,(H2,31,33,34)/t22?,23-,24-,30-/m0/s1. The van der Waals surface area contributed by atoms with Crippen molar-refractivity contribution in [2.24, 2.45) is 11.3 Å². The van der Waals surface area contributed by atoms with Gasteiger partial charge in [0.05, 0.1) is 31.2 Å². The molecule has 0 radical (unpaired) electrons. The van der Waals surface area contributed by atoms with Crippen LogP contribution in [-0.4, -0.2) is 37.8 Å². The highest BCUT2D eigenvalue weighted by Gasteiger charge is 2.69. The van der Waals surface area contributed by atoms with E-state index in [-0.39, 0.29) is 29.1 Å². The lowest BCUT2D eigenvalue weighted by atomic mass is 10.0. The van der Waals surface area contributed by atoms with Crippen LogP contribution in [0.25, 0.3) is 11.2 Å². The molecule has 0 spiro atoms. The second kappa shape index (κ2) is 9.67. The number of aromatic nitrogens is 4. The first kappa shape index (κ1) is 24.8. The number of benzene rings is 2. The molecule has 0 saturated heterocycles. The number of ether oxygens (including phenoxy) is 3. The van der Waals surface area contributed by atoms with E-state index in [2.05, 4.69) is 52.4 Å². The third kappa shape index (κ3) is 4.86. The van der Waals surface area contributed by atoms with E-state index in [0.717, 1.165) is 18.4 Å². The Morgan fingerprint density at radius 3 is 2.34 bits per heavy atom. The van der Waals surface area contributed by atoms with Crippen molar-refractivity contribution >= 4 is 17.1 Å². The quantitative estimate of drug-likeness (QED) is 0.323. The molecule has 198 valence electrons. The first-order chi connectivity index (χ1) is 18.3. The van der Waals surface area contributed by atoms with Crippen LogP contribution in [0, 0.1) is 11.3 Å². The van der Waals surface area contributed by atoms with Crippen molar-refractivity contribution in [3.05, 3.63) is 78.1 Å². The van der Waals surface area contributed by atoms with Gasteiger partial charge >= 0.3 is 0 Å². The monoisotopic (exact) mass is 513 g/mol. The molecule has 2 aromatic heterocycles. The minimum atomic E-state index is -0.249. The van der Waals surface area contributed by atoms with Gasteiger partial charge in [0, 0.05) is 11.5 Å². The van der Waals surface area contributed by atoms with Gasteiger partial charge in [-0.25, -0.2) is 4.98 Å². The first-order valence-corrected chi connectivity index (χ1v) is 13.3. The summed E-state index contributed by atoms with van der Waals surface area (Å²) in [5.41, 5.74) is 9.43. The molecule has 4 atom stereocenters. The minimum absolute atomic E-state index is 0.0193. The fourth-order valence-electron chi connectivity index (χ4n) is 5.93. The number of imidazole rings is 1. The van der Waals surface area contributed by atoms with Gasteiger partial charge in [0.2, 0.25) is 11.8 Å². The second-order valence-electron chi connectivity index (χ2n) is 11.5. The molecular weight excluding hydrogens is 478 g/mol. The summed E-state index contributed by atoms with van der Waals surface area (Å²) in [4.78, 5) is 13.6. The van der Waals surface area contributed by atoms with Crippen LogP contribution in [0.2, 0.25) is 0 Å². The average Bonchev–Trinajstić information content (AvgIpc) is 3.35. The van der Waals surface area contributed by atoms with E-state index in [0.29, 0.717) is 42.8 Å². The Kier molecular flexibility index (Phi) is 6.32. The van der Waals surface area contributed by atoms with Crippen molar-refractivity contribution in [2.45, 2.75) is 64.6 Å². The van der Waals surface area contributed by atoms with Gasteiger partial charge in [-0.3, -0.25) is 0 Å². The maximum Gasteiger partial charge on any atom is 0.247 e. The highest BCUT2D eigenvalue weighted by atomic mass is 16.5. The molecule has 2 aliphatic rings. The Morgan fingerprint density at radius 1 is 0.974 bits per heavy atom. The fraction of sp³-hybridized carbons (Fsp3) is 0.433. The number of anilines is 1. The van der Waals surface area contributed by atoms with Crippen molar-refractivity contribution < 1.29 is 14.2 Å². The minimum Gasteiger partial charge on any atom is -0.471 e. The lowest BCUT2D eigenvalue weighted by Gasteiger charge is -2.31. The van der Waals surface area contributed by atoms with Crippen LogP contribution in [0.15, 0.2) is 67.0 Å². The summed E-state index contributed by atoms with van der Waals surface area (Å²) in [6, 6.07) is 20.5. The Bertz CT molecular complexity index is 1400. The van der Waals surface area contributed by atoms with E-state index >= 15 is 0 Å². The zero-order valence-corrected chi connectivity index (χ0v) is 22.2. The first-order valence-electron chi connectivity index (χ1n) is 13.3. The fourth-order valence-corrected chi connectivity index (χ4v) is 5.93. The van der Waals surface area contributed by atoms with Crippen LogP contribution in [0.5, 0.6) is 5.88 Å². The molecule has 2 N–H and O–H groups in total. The van der Waals surface area contributed by atoms with Crippen LogP contribution in [0.3, 0.4) is 0 Å². The topological polar surface area (TPSA) is 97.3 Å². The van der Waals surface area contributed by atoms with Crippen LogP contribution in [0.4, 0.5) is 5.95 Å². The molecule has 6 rings (SSSR count). The molecule has 4 aromatic rings. The third-order valence-corrected chi connectivity index (χ3v) is 7.70. The van der Waals surface area contributed by atoms with Crippen LogP contribution in [0.1, 0.15) is 50.8 Å². The van der Waals surface area contributed by atoms with Gasteiger partial charge in [0.15, 0.2) is 11.2 Å². The van der Waals surface area contributed by atoms with Crippen molar-refractivity contribution in [1.29, 1.82) is 0 Å². The van der Waals surface area contributed by atoms with E-state index in [4.69, 9.17) is 19.9 Å². The normalized spacial score (nSPS) is 24.4. The van der Waals surface area contributed by atoms with E-state index in [1.807, 2.05) is 54.9 Å². The van der Waals surface area contributed by atoms with Gasteiger partial charge in [-0.1, -0.05) is 60.7 Å². The second-order valence-corrected chi connectivity index (χ2v) is 11.5. The molecule has 0 bridgehead atoms. The van der Waals surface area contributed by atoms with Crippen molar-refractivity contribution in [2.75, 3.05) is 12.3 Å². The summed E-state index contributed by atoms with van der Waals surface area (Å²) in [5, 5.41) is 0. The molecule has 1 unspecified atom stereocenters. The summed E-state index contributed by atoms with van der Waals surface area (Å²) in [6.07, 6.45) is 3.85. The Labute approximate surface area is 223 Å². The van der Waals surface area contributed by atoms with Crippen molar-refractivity contribution in [3.8, 4) is 5.88 Å². The van der Waals surface area contributed by atoms with Crippen LogP contribution >= 0.6 is 0 Å². The molecule has 2 heterocycles. The van der Waals surface area contributed by atoms with Crippen LogP contribution < -0.4 is 10.5 Å². The molecule has 8 nitrogen and oxygen atoms in total. The SMILES string of the molecule is CC(C)(C)O[C@H]1C[C@H](n2cnc3c(OCc4ccccc4)nc(N)nc32)C2C[C@]21COCc1ccccc1. The summed E-state index contributed by atoms with van der Waals surface area (Å²) < 4.78 is 21.1. The number of hydrogen-bond donors (Lipinski definition) is 1. The van der Waals surface area contributed by atoms with Gasteiger partial charge in [0.25, 0.3) is 0 Å². The largest absolute Gasteiger partial charge is 0.471 e. The van der Waals surface area contributed by atoms with Gasteiger partial charge in [0.1, 0.15) is 6.61 Å². The van der Waals surface area contributed by atoms with E-state index in [1.54, 1.807) is 0 Å².